The van der Waals surface area contributed by atoms with Crippen LogP contribution >= 0.6 is 0 Å². The zero-order chi connectivity index (χ0) is 20.7. The van der Waals surface area contributed by atoms with Crippen LogP contribution < -0.4 is 15.5 Å². The summed E-state index contributed by atoms with van der Waals surface area (Å²) in [5.41, 5.74) is 3.58. The smallest absolute Gasteiger partial charge is 0.337 e. The molecule has 0 heterocycles. The Kier molecular flexibility index (Phi) is 7.28. The molecule has 0 aliphatic carbocycles. The summed E-state index contributed by atoms with van der Waals surface area (Å²) in [6, 6.07) is 12.5. The number of benzene rings is 2. The standard InChI is InChI=1S/C21H25N3O4/c1-14-5-9-17(10-6-14)22-19(25)12-24(3)13-20(26)23-18-11-16(21(27)28-4)8-7-15(18)2/h5-11H,12-13H2,1-4H3,(H,22,25)(H,23,26)/p+1. The third-order valence-electron chi connectivity index (χ3n) is 4.19. The first-order chi connectivity index (χ1) is 13.3. The summed E-state index contributed by atoms with van der Waals surface area (Å²) < 4.78 is 4.70. The van der Waals surface area contributed by atoms with Gasteiger partial charge >= 0.3 is 5.97 Å². The average Bonchev–Trinajstić information content (AvgIpc) is 2.64. The van der Waals surface area contributed by atoms with Gasteiger partial charge in [0.2, 0.25) is 0 Å². The molecule has 2 aromatic carbocycles. The first-order valence-corrected chi connectivity index (χ1v) is 8.95. The van der Waals surface area contributed by atoms with Crippen molar-refractivity contribution in [2.24, 2.45) is 0 Å². The number of carbonyl (C=O) groups excluding carboxylic acids is 3. The minimum Gasteiger partial charge on any atom is -0.465 e. The summed E-state index contributed by atoms with van der Waals surface area (Å²) in [6.07, 6.45) is 0. The largest absolute Gasteiger partial charge is 0.465 e. The third kappa shape index (κ3) is 6.21. The zero-order valence-electron chi connectivity index (χ0n) is 16.6. The molecule has 0 fully saturated rings. The number of rotatable bonds is 7. The molecule has 0 saturated heterocycles. The summed E-state index contributed by atoms with van der Waals surface area (Å²) in [6.45, 7) is 4.08. The minimum absolute atomic E-state index is 0.114. The molecule has 7 heteroatoms. The third-order valence-corrected chi connectivity index (χ3v) is 4.19. The second-order valence-corrected chi connectivity index (χ2v) is 6.79. The Morgan fingerprint density at radius 2 is 1.54 bits per heavy atom. The van der Waals surface area contributed by atoms with Crippen LogP contribution in [0.25, 0.3) is 0 Å². The van der Waals surface area contributed by atoms with E-state index in [1.807, 2.05) is 38.1 Å². The highest BCUT2D eigenvalue weighted by molar-refractivity contribution is 5.96. The van der Waals surface area contributed by atoms with Gasteiger partial charge in [-0.25, -0.2) is 4.79 Å². The van der Waals surface area contributed by atoms with E-state index in [4.69, 9.17) is 4.74 Å². The number of hydrogen-bond donors (Lipinski definition) is 3. The molecule has 2 amide bonds. The Morgan fingerprint density at radius 1 is 0.929 bits per heavy atom. The number of amides is 2. The molecule has 0 saturated carbocycles. The van der Waals surface area contributed by atoms with Crippen molar-refractivity contribution < 1.29 is 24.0 Å². The summed E-state index contributed by atoms with van der Waals surface area (Å²) in [4.78, 5) is 36.8. The molecule has 148 valence electrons. The molecule has 0 aliphatic heterocycles. The van der Waals surface area contributed by atoms with E-state index < -0.39 is 5.97 Å². The fourth-order valence-corrected chi connectivity index (χ4v) is 2.65. The van der Waals surface area contributed by atoms with Gasteiger partial charge in [-0.15, -0.1) is 0 Å². The normalized spacial score (nSPS) is 11.4. The van der Waals surface area contributed by atoms with E-state index in [9.17, 15) is 14.4 Å². The molecule has 1 atom stereocenters. The van der Waals surface area contributed by atoms with E-state index in [0.717, 1.165) is 21.7 Å². The van der Waals surface area contributed by atoms with Gasteiger partial charge < -0.3 is 20.3 Å². The topological polar surface area (TPSA) is 88.9 Å². The molecule has 0 radical (unpaired) electrons. The average molecular weight is 384 g/mol. The predicted molar refractivity (Wildman–Crippen MR) is 108 cm³/mol. The second-order valence-electron chi connectivity index (χ2n) is 6.79. The van der Waals surface area contributed by atoms with Gasteiger partial charge in [-0.3, -0.25) is 9.59 Å². The summed E-state index contributed by atoms with van der Waals surface area (Å²) >= 11 is 0. The van der Waals surface area contributed by atoms with Crippen molar-refractivity contribution in [3.05, 3.63) is 59.2 Å². The highest BCUT2D eigenvalue weighted by Gasteiger charge is 2.16. The number of methoxy groups -OCH3 is 1. The Balaban J connectivity index is 1.89. The van der Waals surface area contributed by atoms with E-state index in [0.29, 0.717) is 11.3 Å². The van der Waals surface area contributed by atoms with Crippen molar-refractivity contribution in [1.29, 1.82) is 0 Å². The van der Waals surface area contributed by atoms with Crippen molar-refractivity contribution in [2.75, 3.05) is 37.9 Å². The maximum Gasteiger partial charge on any atom is 0.337 e. The molecule has 2 rings (SSSR count). The lowest BCUT2D eigenvalue weighted by Gasteiger charge is -2.15. The Hall–Kier alpha value is -3.19. The SMILES string of the molecule is COC(=O)c1ccc(C)c(NC(=O)C[NH+](C)CC(=O)Nc2ccc(C)cc2)c1. The molecule has 0 spiro atoms. The predicted octanol–water partition coefficient (Wildman–Crippen LogP) is 1.18. The number of hydrogen-bond acceptors (Lipinski definition) is 4. The van der Waals surface area contributed by atoms with Crippen LogP contribution in [0.4, 0.5) is 11.4 Å². The van der Waals surface area contributed by atoms with Crippen molar-refractivity contribution >= 4 is 29.2 Å². The van der Waals surface area contributed by atoms with Crippen molar-refractivity contribution in [1.82, 2.24) is 0 Å². The molecular formula is C21H26N3O4+. The molecule has 2 aromatic rings. The lowest BCUT2D eigenvalue weighted by Crippen LogP contribution is -3.11. The van der Waals surface area contributed by atoms with E-state index in [2.05, 4.69) is 10.6 Å². The molecule has 0 bridgehead atoms. The molecule has 0 aromatic heterocycles. The van der Waals surface area contributed by atoms with Crippen LogP contribution in [0, 0.1) is 13.8 Å². The number of aryl methyl sites for hydroxylation is 2. The Morgan fingerprint density at radius 3 is 2.14 bits per heavy atom. The van der Waals surface area contributed by atoms with Crippen LogP contribution in [0.1, 0.15) is 21.5 Å². The van der Waals surface area contributed by atoms with E-state index in [1.54, 1.807) is 25.2 Å². The molecule has 7 nitrogen and oxygen atoms in total. The number of nitrogens with one attached hydrogen (secondary N) is 3. The van der Waals surface area contributed by atoms with Gasteiger partial charge in [0.15, 0.2) is 13.1 Å². The van der Waals surface area contributed by atoms with Crippen LogP contribution in [-0.4, -0.2) is 45.0 Å². The fraction of sp³-hybridized carbons (Fsp3) is 0.286. The number of anilines is 2. The quantitative estimate of drug-likeness (QED) is 0.626. The van der Waals surface area contributed by atoms with Crippen LogP contribution in [0.2, 0.25) is 0 Å². The Bertz CT molecular complexity index is 862. The second kappa shape index (κ2) is 9.66. The molecule has 28 heavy (non-hydrogen) atoms. The molecule has 0 aliphatic rings. The van der Waals surface area contributed by atoms with Crippen LogP contribution in [0.3, 0.4) is 0 Å². The van der Waals surface area contributed by atoms with Crippen LogP contribution in [0.5, 0.6) is 0 Å². The monoisotopic (exact) mass is 384 g/mol. The maximum atomic E-state index is 12.3. The lowest BCUT2D eigenvalue weighted by molar-refractivity contribution is -0.862. The molecular weight excluding hydrogens is 358 g/mol. The van der Waals surface area contributed by atoms with E-state index >= 15 is 0 Å². The highest BCUT2D eigenvalue weighted by Crippen LogP contribution is 2.17. The van der Waals surface area contributed by atoms with E-state index in [-0.39, 0.29) is 24.9 Å². The van der Waals surface area contributed by atoms with Gasteiger partial charge in [0.1, 0.15) is 0 Å². The number of esters is 1. The van der Waals surface area contributed by atoms with Crippen molar-refractivity contribution in [2.45, 2.75) is 13.8 Å². The lowest BCUT2D eigenvalue weighted by atomic mass is 10.1. The van der Waals surface area contributed by atoms with Crippen molar-refractivity contribution in [3.63, 3.8) is 0 Å². The Labute approximate surface area is 164 Å². The number of carbonyl (C=O) groups is 3. The van der Waals surface area contributed by atoms with Gasteiger partial charge in [-0.1, -0.05) is 23.8 Å². The highest BCUT2D eigenvalue weighted by atomic mass is 16.5. The summed E-state index contributed by atoms with van der Waals surface area (Å²) in [5.74, 6) is -0.880. The number of likely N-dealkylation sites (N-methyl/N-ethyl adjacent to an activating group) is 1. The number of ether oxygens (including phenoxy) is 1. The zero-order valence-corrected chi connectivity index (χ0v) is 16.6. The van der Waals surface area contributed by atoms with Crippen LogP contribution in [-0.2, 0) is 14.3 Å². The fourth-order valence-electron chi connectivity index (χ4n) is 2.65. The maximum absolute atomic E-state index is 12.3. The van der Waals surface area contributed by atoms with Crippen LogP contribution in [0.15, 0.2) is 42.5 Å². The van der Waals surface area contributed by atoms with Gasteiger partial charge in [0.05, 0.1) is 19.7 Å². The summed E-state index contributed by atoms with van der Waals surface area (Å²) in [5, 5.41) is 5.61. The first kappa shape index (κ1) is 21.1. The molecule has 1 unspecified atom stereocenters. The summed E-state index contributed by atoms with van der Waals surface area (Å²) in [7, 11) is 3.08. The van der Waals surface area contributed by atoms with Gasteiger partial charge in [-0.05, 0) is 43.7 Å². The van der Waals surface area contributed by atoms with Gasteiger partial charge in [-0.2, -0.15) is 0 Å². The van der Waals surface area contributed by atoms with Gasteiger partial charge in [0.25, 0.3) is 11.8 Å². The van der Waals surface area contributed by atoms with E-state index in [1.165, 1.54) is 7.11 Å². The van der Waals surface area contributed by atoms with Gasteiger partial charge in [0, 0.05) is 11.4 Å². The van der Waals surface area contributed by atoms with Crippen molar-refractivity contribution in [3.8, 4) is 0 Å². The first-order valence-electron chi connectivity index (χ1n) is 8.95. The molecule has 3 N–H and O–H groups in total. The minimum atomic E-state index is -0.467. The number of quaternary nitrogens is 1.